The molecule has 0 radical (unpaired) electrons. The number of benzene rings is 2. The van der Waals surface area contributed by atoms with Crippen LogP contribution in [-0.2, 0) is 16.1 Å². The van der Waals surface area contributed by atoms with Crippen molar-refractivity contribution in [3.05, 3.63) is 63.0 Å². The zero-order valence-corrected chi connectivity index (χ0v) is 16.1. The second kappa shape index (κ2) is 9.59. The summed E-state index contributed by atoms with van der Waals surface area (Å²) >= 11 is 6.69. The summed E-state index contributed by atoms with van der Waals surface area (Å²) < 4.78 is 7.33. The molecule has 0 atom stereocenters. The van der Waals surface area contributed by atoms with Crippen molar-refractivity contribution in [1.29, 1.82) is 0 Å². The van der Waals surface area contributed by atoms with Crippen LogP contribution in [0, 0.1) is 0 Å². The maximum atomic E-state index is 11.8. The normalized spacial score (nSPS) is 10.2. The van der Waals surface area contributed by atoms with Crippen molar-refractivity contribution in [3.63, 3.8) is 0 Å². The van der Waals surface area contributed by atoms with E-state index in [1.807, 2.05) is 36.4 Å². The first kappa shape index (κ1) is 18.7. The highest BCUT2D eigenvalue weighted by atomic mass is 79.9. The molecule has 2 rings (SSSR count). The Labute approximate surface area is 157 Å². The zero-order chi connectivity index (χ0) is 17.4. The van der Waals surface area contributed by atoms with Gasteiger partial charge in [-0.15, -0.1) is 0 Å². The van der Waals surface area contributed by atoms with E-state index in [2.05, 4.69) is 37.2 Å². The average molecular weight is 455 g/mol. The summed E-state index contributed by atoms with van der Waals surface area (Å²) in [4.78, 5) is 23.6. The predicted octanol–water partition coefficient (Wildman–Crippen LogP) is 4.26. The molecule has 0 saturated heterocycles. The molecule has 24 heavy (non-hydrogen) atoms. The molecule has 0 aromatic heterocycles. The first-order valence-corrected chi connectivity index (χ1v) is 9.03. The van der Waals surface area contributed by atoms with Crippen LogP contribution >= 0.6 is 31.9 Å². The zero-order valence-electron chi connectivity index (χ0n) is 12.9. The van der Waals surface area contributed by atoms with Crippen molar-refractivity contribution < 1.29 is 14.3 Å². The summed E-state index contributed by atoms with van der Waals surface area (Å²) in [6, 6.07) is 15.0. The van der Waals surface area contributed by atoms with Gasteiger partial charge >= 0.3 is 0 Å². The fourth-order valence-corrected chi connectivity index (χ4v) is 2.44. The molecular formula is C18H17Br2NO3. The van der Waals surface area contributed by atoms with Crippen LogP contribution in [-0.4, -0.2) is 18.3 Å². The van der Waals surface area contributed by atoms with Crippen molar-refractivity contribution in [3.8, 4) is 5.75 Å². The number of Topliss-reactive ketones (excluding diaryl/α,β-unsaturated/α-hetero) is 1. The van der Waals surface area contributed by atoms with Gasteiger partial charge in [0.1, 0.15) is 12.4 Å². The van der Waals surface area contributed by atoms with Crippen LogP contribution in [0.4, 0.5) is 0 Å². The average Bonchev–Trinajstić information content (AvgIpc) is 2.59. The minimum absolute atomic E-state index is 0.0262. The summed E-state index contributed by atoms with van der Waals surface area (Å²) in [5.41, 5.74) is 1.01. The predicted molar refractivity (Wildman–Crippen MR) is 99.9 cm³/mol. The van der Waals surface area contributed by atoms with Gasteiger partial charge in [0, 0.05) is 28.3 Å². The standard InChI is InChI=1S/C18H17Br2NO3/c19-14-3-1-13(2-4-14)11-21-18(23)10-7-16(22)12-24-17-8-5-15(20)6-9-17/h1-6,8-9H,7,10-12H2,(H,21,23). The molecule has 4 nitrogen and oxygen atoms in total. The number of carbonyl (C=O) groups excluding carboxylic acids is 2. The van der Waals surface area contributed by atoms with Crippen LogP contribution in [0.5, 0.6) is 5.75 Å². The van der Waals surface area contributed by atoms with Gasteiger partial charge in [-0.25, -0.2) is 0 Å². The fourth-order valence-electron chi connectivity index (χ4n) is 1.91. The molecule has 0 aliphatic rings. The number of ether oxygens (including phenoxy) is 1. The Morgan fingerprint density at radius 3 is 2.08 bits per heavy atom. The molecule has 0 aliphatic heterocycles. The lowest BCUT2D eigenvalue weighted by atomic mass is 10.2. The third-order valence-corrected chi connectivity index (χ3v) is 4.30. The van der Waals surface area contributed by atoms with Gasteiger partial charge in [-0.1, -0.05) is 44.0 Å². The summed E-state index contributed by atoms with van der Waals surface area (Å²) in [5, 5.41) is 2.80. The molecule has 1 amide bonds. The van der Waals surface area contributed by atoms with Crippen molar-refractivity contribution in [1.82, 2.24) is 5.32 Å². The Hall–Kier alpha value is -1.66. The highest BCUT2D eigenvalue weighted by molar-refractivity contribution is 9.10. The fraction of sp³-hybridized carbons (Fsp3) is 0.222. The first-order chi connectivity index (χ1) is 11.5. The molecule has 0 heterocycles. The van der Waals surface area contributed by atoms with Crippen molar-refractivity contribution in [2.75, 3.05) is 6.61 Å². The van der Waals surface area contributed by atoms with E-state index in [9.17, 15) is 9.59 Å². The largest absolute Gasteiger partial charge is 0.486 e. The number of rotatable bonds is 8. The third kappa shape index (κ3) is 6.84. The molecule has 126 valence electrons. The van der Waals surface area contributed by atoms with Crippen molar-refractivity contribution in [2.24, 2.45) is 0 Å². The number of nitrogens with one attached hydrogen (secondary N) is 1. The van der Waals surface area contributed by atoms with Crippen LogP contribution in [0.1, 0.15) is 18.4 Å². The highest BCUT2D eigenvalue weighted by Crippen LogP contribution is 2.16. The first-order valence-electron chi connectivity index (χ1n) is 7.44. The van der Waals surface area contributed by atoms with Crippen molar-refractivity contribution in [2.45, 2.75) is 19.4 Å². The smallest absolute Gasteiger partial charge is 0.220 e. The number of amides is 1. The van der Waals surface area contributed by atoms with Crippen LogP contribution in [0.15, 0.2) is 57.5 Å². The molecule has 0 bridgehead atoms. The van der Waals surface area contributed by atoms with Crippen LogP contribution in [0.3, 0.4) is 0 Å². The summed E-state index contributed by atoms with van der Waals surface area (Å²) in [5.74, 6) is 0.387. The van der Waals surface area contributed by atoms with Crippen LogP contribution < -0.4 is 10.1 Å². The van der Waals surface area contributed by atoms with Gasteiger partial charge in [0.15, 0.2) is 5.78 Å². The van der Waals surface area contributed by atoms with Gasteiger partial charge in [-0.05, 0) is 42.0 Å². The lowest BCUT2D eigenvalue weighted by Gasteiger charge is -2.07. The minimum atomic E-state index is -0.144. The summed E-state index contributed by atoms with van der Waals surface area (Å²) in [7, 11) is 0. The van der Waals surface area contributed by atoms with E-state index >= 15 is 0 Å². The molecule has 0 saturated carbocycles. The number of carbonyl (C=O) groups is 2. The minimum Gasteiger partial charge on any atom is -0.486 e. The number of hydrogen-bond acceptors (Lipinski definition) is 3. The quantitative estimate of drug-likeness (QED) is 0.648. The maximum absolute atomic E-state index is 11.8. The van der Waals surface area contributed by atoms with Crippen LogP contribution in [0.25, 0.3) is 0 Å². The van der Waals surface area contributed by atoms with E-state index < -0.39 is 0 Å². The number of hydrogen-bond donors (Lipinski definition) is 1. The Balaban J connectivity index is 1.64. The van der Waals surface area contributed by atoms with E-state index in [1.54, 1.807) is 12.1 Å². The molecule has 6 heteroatoms. The molecule has 0 spiro atoms. The van der Waals surface area contributed by atoms with Gasteiger partial charge in [-0.3, -0.25) is 9.59 Å². The summed E-state index contributed by atoms with van der Waals surface area (Å²) in [6.45, 7) is 0.428. The summed E-state index contributed by atoms with van der Waals surface area (Å²) in [6.07, 6.45) is 0.335. The number of halogens is 2. The molecule has 2 aromatic rings. The Morgan fingerprint density at radius 1 is 0.875 bits per heavy atom. The number of ketones is 1. The maximum Gasteiger partial charge on any atom is 0.220 e. The third-order valence-electron chi connectivity index (χ3n) is 3.25. The molecule has 1 N–H and O–H groups in total. The Morgan fingerprint density at radius 2 is 1.46 bits per heavy atom. The SMILES string of the molecule is O=C(CCC(=O)NCc1ccc(Br)cc1)COc1ccc(Br)cc1. The van der Waals surface area contributed by atoms with Gasteiger partial charge in [0.05, 0.1) is 0 Å². The lowest BCUT2D eigenvalue weighted by molar-refractivity contribution is -0.126. The van der Waals surface area contributed by atoms with Gasteiger partial charge in [0.25, 0.3) is 0 Å². The van der Waals surface area contributed by atoms with Gasteiger partial charge < -0.3 is 10.1 Å². The van der Waals surface area contributed by atoms with E-state index in [0.29, 0.717) is 12.3 Å². The second-order valence-corrected chi connectivity index (χ2v) is 7.02. The van der Waals surface area contributed by atoms with Crippen LogP contribution in [0.2, 0.25) is 0 Å². The molecule has 2 aromatic carbocycles. The van der Waals surface area contributed by atoms with E-state index in [4.69, 9.17) is 4.74 Å². The van der Waals surface area contributed by atoms with E-state index in [-0.39, 0.29) is 31.1 Å². The molecule has 0 unspecified atom stereocenters. The Kier molecular flexibility index (Phi) is 7.46. The second-order valence-electron chi connectivity index (χ2n) is 5.18. The Bertz CT molecular complexity index is 623. The molecule has 0 fully saturated rings. The van der Waals surface area contributed by atoms with E-state index in [0.717, 1.165) is 14.5 Å². The lowest BCUT2D eigenvalue weighted by Crippen LogP contribution is -2.24. The highest BCUT2D eigenvalue weighted by Gasteiger charge is 2.08. The molecular weight excluding hydrogens is 438 g/mol. The van der Waals surface area contributed by atoms with Crippen molar-refractivity contribution >= 4 is 43.6 Å². The van der Waals surface area contributed by atoms with Gasteiger partial charge in [-0.2, -0.15) is 0 Å². The van der Waals surface area contributed by atoms with E-state index in [1.165, 1.54) is 0 Å². The monoisotopic (exact) mass is 453 g/mol. The molecule has 0 aliphatic carbocycles. The topological polar surface area (TPSA) is 55.4 Å². The van der Waals surface area contributed by atoms with Gasteiger partial charge in [0.2, 0.25) is 5.91 Å².